The third kappa shape index (κ3) is 7.94. The van der Waals surface area contributed by atoms with Crippen molar-refractivity contribution in [1.29, 1.82) is 0 Å². The molecule has 1 aliphatic carbocycles. The number of carbonyl (C=O) groups excluding carboxylic acids is 1. The first kappa shape index (κ1) is 27.9. The SMILES string of the molecule is CC(C)(N)CC(N)C(C)(C)C(=O)OCCCCCCOc1cccc2c1CCC(c1ccccc1)=C2. The van der Waals surface area contributed by atoms with Gasteiger partial charge < -0.3 is 20.9 Å². The van der Waals surface area contributed by atoms with Gasteiger partial charge in [-0.1, -0.05) is 48.5 Å². The van der Waals surface area contributed by atoms with Crippen LogP contribution in [0.15, 0.2) is 48.5 Å². The van der Waals surface area contributed by atoms with Crippen molar-refractivity contribution in [2.24, 2.45) is 16.9 Å². The summed E-state index contributed by atoms with van der Waals surface area (Å²) in [6.45, 7) is 8.63. The van der Waals surface area contributed by atoms with Gasteiger partial charge in [0.1, 0.15) is 5.75 Å². The number of hydrogen-bond acceptors (Lipinski definition) is 5. The zero-order valence-corrected chi connectivity index (χ0v) is 22.5. The predicted molar refractivity (Wildman–Crippen MR) is 149 cm³/mol. The number of esters is 1. The van der Waals surface area contributed by atoms with Crippen LogP contribution < -0.4 is 16.2 Å². The van der Waals surface area contributed by atoms with Crippen LogP contribution in [0.1, 0.15) is 82.9 Å². The second-order valence-corrected chi connectivity index (χ2v) is 11.3. The van der Waals surface area contributed by atoms with E-state index in [-0.39, 0.29) is 12.0 Å². The first-order chi connectivity index (χ1) is 17.1. The van der Waals surface area contributed by atoms with Gasteiger partial charge in [-0.3, -0.25) is 4.79 Å². The third-order valence-corrected chi connectivity index (χ3v) is 7.02. The minimum atomic E-state index is -0.754. The van der Waals surface area contributed by atoms with Gasteiger partial charge in [-0.05, 0) is 95.4 Å². The molecule has 36 heavy (non-hydrogen) atoms. The Morgan fingerprint density at radius 3 is 2.31 bits per heavy atom. The molecule has 3 rings (SSSR count). The predicted octanol–water partition coefficient (Wildman–Crippen LogP) is 6.14. The Bertz CT molecular complexity index is 1020. The van der Waals surface area contributed by atoms with E-state index in [1.165, 1.54) is 22.3 Å². The molecule has 0 bridgehead atoms. The number of allylic oxidation sites excluding steroid dienone is 1. The lowest BCUT2D eigenvalue weighted by atomic mass is 9.79. The van der Waals surface area contributed by atoms with Gasteiger partial charge in [-0.25, -0.2) is 0 Å². The second kappa shape index (κ2) is 12.6. The summed E-state index contributed by atoms with van der Waals surface area (Å²) < 4.78 is 11.7. The van der Waals surface area contributed by atoms with Gasteiger partial charge in [0.15, 0.2) is 0 Å². The number of ether oxygens (including phenoxy) is 2. The molecule has 0 radical (unpaired) electrons. The molecule has 2 aromatic carbocycles. The molecule has 196 valence electrons. The van der Waals surface area contributed by atoms with Gasteiger partial charge in [0.2, 0.25) is 0 Å². The summed E-state index contributed by atoms with van der Waals surface area (Å²) in [5, 5.41) is 0. The van der Waals surface area contributed by atoms with Crippen LogP contribution in [0.3, 0.4) is 0 Å². The fraction of sp³-hybridized carbons (Fsp3) is 0.516. The molecule has 0 saturated heterocycles. The molecule has 1 aliphatic rings. The van der Waals surface area contributed by atoms with Gasteiger partial charge in [0, 0.05) is 17.1 Å². The Balaban J connectivity index is 1.36. The van der Waals surface area contributed by atoms with Crippen LogP contribution in [0.5, 0.6) is 5.75 Å². The molecule has 2 aromatic rings. The largest absolute Gasteiger partial charge is 0.493 e. The molecule has 1 unspecified atom stereocenters. The minimum absolute atomic E-state index is 0.249. The Kier molecular flexibility index (Phi) is 9.75. The van der Waals surface area contributed by atoms with E-state index in [2.05, 4.69) is 54.6 Å². The minimum Gasteiger partial charge on any atom is -0.493 e. The molecule has 0 amide bonds. The van der Waals surface area contributed by atoms with E-state index in [1.807, 2.05) is 27.7 Å². The Hall–Kier alpha value is -2.63. The first-order valence-electron chi connectivity index (χ1n) is 13.3. The number of nitrogens with two attached hydrogens (primary N) is 2. The average molecular weight is 493 g/mol. The third-order valence-electron chi connectivity index (χ3n) is 7.02. The molecular formula is C31H44N2O3. The smallest absolute Gasteiger partial charge is 0.313 e. The number of rotatable bonds is 13. The lowest BCUT2D eigenvalue weighted by Crippen LogP contribution is -2.50. The summed E-state index contributed by atoms with van der Waals surface area (Å²) >= 11 is 0. The first-order valence-corrected chi connectivity index (χ1v) is 13.3. The van der Waals surface area contributed by atoms with Crippen LogP contribution in [0.25, 0.3) is 11.6 Å². The van der Waals surface area contributed by atoms with Crippen LogP contribution in [0.2, 0.25) is 0 Å². The molecule has 0 aromatic heterocycles. The summed E-state index contributed by atoms with van der Waals surface area (Å²) in [4.78, 5) is 12.5. The Labute approximate surface area is 217 Å². The lowest BCUT2D eigenvalue weighted by Gasteiger charge is -2.33. The van der Waals surface area contributed by atoms with E-state index in [0.717, 1.165) is 44.3 Å². The van der Waals surface area contributed by atoms with Crippen LogP contribution in [-0.2, 0) is 16.0 Å². The van der Waals surface area contributed by atoms with Gasteiger partial charge in [0.25, 0.3) is 0 Å². The van der Waals surface area contributed by atoms with Crippen molar-refractivity contribution in [1.82, 2.24) is 0 Å². The fourth-order valence-electron chi connectivity index (χ4n) is 4.58. The highest BCUT2D eigenvalue weighted by molar-refractivity contribution is 5.85. The van der Waals surface area contributed by atoms with Crippen LogP contribution in [0, 0.1) is 5.41 Å². The zero-order valence-electron chi connectivity index (χ0n) is 22.5. The standard InChI is InChI=1S/C31H44N2O3/c1-30(2,33)22-28(32)31(3,4)29(34)36-20-11-6-5-10-19-35-27-16-12-15-25-21-24(17-18-26(25)27)23-13-8-7-9-14-23/h7-9,12-16,21,28H,5-6,10-11,17-20,22,32-33H2,1-4H3. The van der Waals surface area contributed by atoms with Crippen molar-refractivity contribution in [3.63, 3.8) is 0 Å². The van der Waals surface area contributed by atoms with Crippen LogP contribution in [-0.4, -0.2) is 30.8 Å². The molecule has 0 saturated carbocycles. The second-order valence-electron chi connectivity index (χ2n) is 11.3. The number of unbranched alkanes of at least 4 members (excludes halogenated alkanes) is 3. The summed E-state index contributed by atoms with van der Waals surface area (Å²) in [5.41, 5.74) is 16.4. The monoisotopic (exact) mass is 492 g/mol. The van der Waals surface area contributed by atoms with Crippen molar-refractivity contribution < 1.29 is 14.3 Å². The highest BCUT2D eigenvalue weighted by atomic mass is 16.5. The molecule has 0 spiro atoms. The molecule has 0 fully saturated rings. The number of hydrogen-bond donors (Lipinski definition) is 2. The van der Waals surface area contributed by atoms with E-state index < -0.39 is 11.0 Å². The Morgan fingerprint density at radius 1 is 0.917 bits per heavy atom. The molecule has 4 N–H and O–H groups in total. The summed E-state index contributed by atoms with van der Waals surface area (Å²) in [6, 6.07) is 16.6. The van der Waals surface area contributed by atoms with Crippen LogP contribution in [0.4, 0.5) is 0 Å². The number of fused-ring (bicyclic) bond motifs is 1. The highest BCUT2D eigenvalue weighted by Crippen LogP contribution is 2.35. The topological polar surface area (TPSA) is 87.6 Å². The maximum absolute atomic E-state index is 12.5. The van der Waals surface area contributed by atoms with Crippen molar-refractivity contribution in [2.45, 2.75) is 84.2 Å². The van der Waals surface area contributed by atoms with Crippen molar-refractivity contribution in [3.8, 4) is 5.75 Å². The van der Waals surface area contributed by atoms with Gasteiger partial charge in [-0.2, -0.15) is 0 Å². The Morgan fingerprint density at radius 2 is 1.61 bits per heavy atom. The molecule has 5 heteroatoms. The summed E-state index contributed by atoms with van der Waals surface area (Å²) in [7, 11) is 0. The summed E-state index contributed by atoms with van der Waals surface area (Å²) in [5.74, 6) is 0.755. The zero-order chi connectivity index (χ0) is 26.2. The van der Waals surface area contributed by atoms with Gasteiger partial charge >= 0.3 is 5.97 Å². The van der Waals surface area contributed by atoms with Crippen molar-refractivity contribution >= 4 is 17.6 Å². The van der Waals surface area contributed by atoms with Crippen molar-refractivity contribution in [3.05, 3.63) is 65.2 Å². The number of carbonyl (C=O) groups is 1. The summed E-state index contributed by atoms with van der Waals surface area (Å²) in [6.07, 6.45) is 8.74. The fourth-order valence-corrected chi connectivity index (χ4v) is 4.58. The highest BCUT2D eigenvalue weighted by Gasteiger charge is 2.38. The number of benzene rings is 2. The quantitative estimate of drug-likeness (QED) is 0.259. The van der Waals surface area contributed by atoms with Crippen LogP contribution >= 0.6 is 0 Å². The van der Waals surface area contributed by atoms with E-state index in [9.17, 15) is 4.79 Å². The maximum Gasteiger partial charge on any atom is 0.313 e. The average Bonchev–Trinajstić information content (AvgIpc) is 2.84. The molecule has 0 heterocycles. The molecule has 1 atom stereocenters. The lowest BCUT2D eigenvalue weighted by molar-refractivity contribution is -0.155. The van der Waals surface area contributed by atoms with Crippen molar-refractivity contribution in [2.75, 3.05) is 13.2 Å². The van der Waals surface area contributed by atoms with Gasteiger partial charge in [0.05, 0.1) is 18.6 Å². The van der Waals surface area contributed by atoms with E-state index >= 15 is 0 Å². The van der Waals surface area contributed by atoms with Gasteiger partial charge in [-0.15, -0.1) is 0 Å². The maximum atomic E-state index is 12.5. The van der Waals surface area contributed by atoms with E-state index in [0.29, 0.717) is 19.6 Å². The van der Waals surface area contributed by atoms with E-state index in [1.54, 1.807) is 0 Å². The normalized spacial score (nSPS) is 14.6. The molecule has 0 aliphatic heterocycles. The molecular weight excluding hydrogens is 448 g/mol. The molecule has 5 nitrogen and oxygen atoms in total. The van der Waals surface area contributed by atoms with E-state index in [4.69, 9.17) is 20.9 Å².